The number of aliphatic hydroxyl groups is 1. The number of hydrogen-bond donors (Lipinski definition) is 4. The molecule has 108 valence electrons. The van der Waals surface area contributed by atoms with Crippen LogP contribution in [0.25, 0.3) is 0 Å². The number of hydrogen-bond acceptors (Lipinski definition) is 4. The molecule has 7 nitrogen and oxygen atoms in total. The Bertz CT molecular complexity index is 489. The van der Waals surface area contributed by atoms with Crippen LogP contribution in [0, 0.1) is 0 Å². The van der Waals surface area contributed by atoms with Crippen molar-refractivity contribution in [2.45, 2.75) is 37.8 Å². The van der Waals surface area contributed by atoms with E-state index in [1.54, 1.807) is 0 Å². The lowest BCUT2D eigenvalue weighted by Gasteiger charge is -2.28. The molecule has 1 heterocycles. The zero-order valence-electron chi connectivity index (χ0n) is 10.9. The molecule has 0 radical (unpaired) electrons. The lowest BCUT2D eigenvalue weighted by molar-refractivity contribution is 0.0690. The fourth-order valence-electron chi connectivity index (χ4n) is 2.21. The number of nitrogens with one attached hydrogen (secondary N) is 2. The molecule has 4 N–H and O–H groups in total. The number of aromatic nitrogens is 1. The number of urea groups is 1. The van der Waals surface area contributed by atoms with E-state index in [1.807, 2.05) is 0 Å². The number of carboxylic acid groups (broad SMARTS) is 1. The van der Waals surface area contributed by atoms with Gasteiger partial charge in [-0.3, -0.25) is 0 Å². The second-order valence-electron chi connectivity index (χ2n) is 4.79. The number of anilines is 1. The molecule has 0 aromatic carbocycles. The van der Waals surface area contributed by atoms with Crippen molar-refractivity contribution in [2.75, 3.05) is 5.32 Å². The minimum Gasteiger partial charge on any atom is -0.477 e. The number of nitrogens with zero attached hydrogens (tertiary/aromatic N) is 1. The highest BCUT2D eigenvalue weighted by Crippen LogP contribution is 2.18. The van der Waals surface area contributed by atoms with E-state index in [4.69, 9.17) is 5.11 Å². The molecule has 1 aromatic rings. The van der Waals surface area contributed by atoms with Gasteiger partial charge in [-0.25, -0.2) is 14.6 Å². The number of carbonyl (C=O) groups excluding carboxylic acids is 1. The Hall–Kier alpha value is -2.15. The van der Waals surface area contributed by atoms with Crippen LogP contribution in [0.5, 0.6) is 0 Å². The van der Waals surface area contributed by atoms with E-state index in [2.05, 4.69) is 15.6 Å². The number of rotatable bonds is 3. The summed E-state index contributed by atoms with van der Waals surface area (Å²) in [6, 6.07) is 2.11. The van der Waals surface area contributed by atoms with Crippen molar-refractivity contribution in [3.63, 3.8) is 0 Å². The van der Waals surface area contributed by atoms with Crippen LogP contribution in [0.2, 0.25) is 0 Å². The normalized spacial score (nSPS) is 22.1. The molecule has 2 atom stereocenters. The van der Waals surface area contributed by atoms with Gasteiger partial charge in [-0.1, -0.05) is 12.8 Å². The summed E-state index contributed by atoms with van der Waals surface area (Å²) in [7, 11) is 0. The molecule has 1 saturated carbocycles. The number of pyridine rings is 1. The van der Waals surface area contributed by atoms with Crippen LogP contribution in [0.3, 0.4) is 0 Å². The fourth-order valence-corrected chi connectivity index (χ4v) is 2.21. The van der Waals surface area contributed by atoms with Crippen LogP contribution in [-0.4, -0.2) is 39.3 Å². The van der Waals surface area contributed by atoms with Gasteiger partial charge >= 0.3 is 12.0 Å². The summed E-state index contributed by atoms with van der Waals surface area (Å²) >= 11 is 0. The monoisotopic (exact) mass is 279 g/mol. The van der Waals surface area contributed by atoms with Crippen molar-refractivity contribution in [3.05, 3.63) is 24.0 Å². The highest BCUT2D eigenvalue weighted by molar-refractivity contribution is 5.90. The second-order valence-corrected chi connectivity index (χ2v) is 4.79. The first-order chi connectivity index (χ1) is 9.56. The molecule has 2 rings (SSSR count). The van der Waals surface area contributed by atoms with Gasteiger partial charge in [-0.2, -0.15) is 0 Å². The molecule has 1 aromatic heterocycles. The van der Waals surface area contributed by atoms with Crippen molar-refractivity contribution in [2.24, 2.45) is 0 Å². The first kappa shape index (κ1) is 14.3. The van der Waals surface area contributed by atoms with E-state index >= 15 is 0 Å². The quantitative estimate of drug-likeness (QED) is 0.664. The average Bonchev–Trinajstić information content (AvgIpc) is 2.42. The molecule has 0 saturated heterocycles. The molecule has 7 heteroatoms. The van der Waals surface area contributed by atoms with Gasteiger partial charge in [0.1, 0.15) is 5.69 Å². The highest BCUT2D eigenvalue weighted by atomic mass is 16.4. The molecule has 0 bridgehead atoms. The maximum Gasteiger partial charge on any atom is 0.354 e. The molecule has 2 unspecified atom stereocenters. The Balaban J connectivity index is 1.89. The number of amides is 2. The largest absolute Gasteiger partial charge is 0.477 e. The van der Waals surface area contributed by atoms with E-state index in [0.717, 1.165) is 19.3 Å². The number of carbonyl (C=O) groups is 2. The molecule has 0 aliphatic heterocycles. The predicted molar refractivity (Wildman–Crippen MR) is 71.6 cm³/mol. The van der Waals surface area contributed by atoms with Gasteiger partial charge in [0.15, 0.2) is 0 Å². The van der Waals surface area contributed by atoms with E-state index in [1.165, 1.54) is 18.3 Å². The molecule has 2 amide bonds. The molecular weight excluding hydrogens is 262 g/mol. The van der Waals surface area contributed by atoms with Crippen molar-refractivity contribution in [1.29, 1.82) is 0 Å². The Kier molecular flexibility index (Phi) is 4.52. The van der Waals surface area contributed by atoms with Crippen LogP contribution in [0.1, 0.15) is 36.2 Å². The Morgan fingerprint density at radius 3 is 2.60 bits per heavy atom. The first-order valence-corrected chi connectivity index (χ1v) is 6.51. The standard InChI is InChI=1S/C13H17N3O4/c17-11-4-2-1-3-9(11)16-13(20)15-8-5-6-10(12(18)19)14-7-8/h5-7,9,11,17H,1-4H2,(H,18,19)(H2,15,16,20). The minimum atomic E-state index is -1.12. The van der Waals surface area contributed by atoms with Gasteiger partial charge in [-0.15, -0.1) is 0 Å². The molecule has 20 heavy (non-hydrogen) atoms. The predicted octanol–water partition coefficient (Wildman–Crippen LogP) is 1.20. The Morgan fingerprint density at radius 2 is 2.00 bits per heavy atom. The zero-order valence-corrected chi connectivity index (χ0v) is 10.9. The average molecular weight is 279 g/mol. The fraction of sp³-hybridized carbons (Fsp3) is 0.462. The SMILES string of the molecule is O=C(Nc1ccc(C(=O)O)nc1)NC1CCCCC1O. The van der Waals surface area contributed by atoms with Crippen LogP contribution in [0.15, 0.2) is 18.3 Å². The summed E-state index contributed by atoms with van der Waals surface area (Å²) in [6.45, 7) is 0. The third-order valence-electron chi connectivity index (χ3n) is 3.29. The third-order valence-corrected chi connectivity index (χ3v) is 3.29. The van der Waals surface area contributed by atoms with Gasteiger partial charge in [0, 0.05) is 0 Å². The Morgan fingerprint density at radius 1 is 1.25 bits per heavy atom. The summed E-state index contributed by atoms with van der Waals surface area (Å²) in [5.74, 6) is -1.12. The third kappa shape index (κ3) is 3.67. The zero-order chi connectivity index (χ0) is 14.5. The highest BCUT2D eigenvalue weighted by Gasteiger charge is 2.24. The van der Waals surface area contributed by atoms with Crippen molar-refractivity contribution >= 4 is 17.7 Å². The minimum absolute atomic E-state index is 0.0846. The van der Waals surface area contributed by atoms with Crippen molar-refractivity contribution in [3.8, 4) is 0 Å². The van der Waals surface area contributed by atoms with Crippen LogP contribution >= 0.6 is 0 Å². The molecule has 1 aliphatic carbocycles. The topological polar surface area (TPSA) is 112 Å². The van der Waals surface area contributed by atoms with E-state index in [0.29, 0.717) is 12.1 Å². The lowest BCUT2D eigenvalue weighted by Crippen LogP contribution is -2.46. The van der Waals surface area contributed by atoms with Crippen LogP contribution in [0.4, 0.5) is 10.5 Å². The summed E-state index contributed by atoms with van der Waals surface area (Å²) in [5.41, 5.74) is 0.316. The number of carboxylic acids is 1. The second kappa shape index (κ2) is 6.33. The molecule has 1 aliphatic rings. The van der Waals surface area contributed by atoms with Crippen LogP contribution in [-0.2, 0) is 0 Å². The van der Waals surface area contributed by atoms with Gasteiger partial charge in [-0.05, 0) is 25.0 Å². The van der Waals surface area contributed by atoms with Gasteiger partial charge in [0.25, 0.3) is 0 Å². The molecule has 1 fully saturated rings. The van der Waals surface area contributed by atoms with Gasteiger partial charge in [0.05, 0.1) is 24.0 Å². The summed E-state index contributed by atoms with van der Waals surface area (Å²) < 4.78 is 0. The number of aromatic carboxylic acids is 1. The van der Waals surface area contributed by atoms with Crippen molar-refractivity contribution < 1.29 is 19.8 Å². The summed E-state index contributed by atoms with van der Waals surface area (Å²) in [5, 5.41) is 23.7. The van der Waals surface area contributed by atoms with Crippen molar-refractivity contribution in [1.82, 2.24) is 10.3 Å². The van der Waals surface area contributed by atoms with Gasteiger partial charge in [0.2, 0.25) is 0 Å². The van der Waals surface area contributed by atoms with Gasteiger partial charge < -0.3 is 20.8 Å². The first-order valence-electron chi connectivity index (χ1n) is 6.51. The smallest absolute Gasteiger partial charge is 0.354 e. The van der Waals surface area contributed by atoms with E-state index in [9.17, 15) is 14.7 Å². The van der Waals surface area contributed by atoms with E-state index < -0.39 is 18.1 Å². The molecular formula is C13H17N3O4. The van der Waals surface area contributed by atoms with E-state index in [-0.39, 0.29) is 11.7 Å². The summed E-state index contributed by atoms with van der Waals surface area (Å²) in [4.78, 5) is 26.1. The maximum atomic E-state index is 11.8. The van der Waals surface area contributed by atoms with Crippen LogP contribution < -0.4 is 10.6 Å². The molecule has 0 spiro atoms. The summed E-state index contributed by atoms with van der Waals surface area (Å²) in [6.07, 6.45) is 4.17. The Labute approximate surface area is 116 Å². The lowest BCUT2D eigenvalue weighted by atomic mass is 9.93. The number of aliphatic hydroxyl groups excluding tert-OH is 1. The maximum absolute atomic E-state index is 11.8.